The Balaban J connectivity index is 0.00000176. The molecule has 0 unspecified atom stereocenters. The van der Waals surface area contributed by atoms with E-state index in [1.807, 2.05) is 12.1 Å². The maximum Gasteiger partial charge on any atom is 0.230 e. The molecule has 3 rings (SSSR count). The molecule has 2 N–H and O–H groups in total. The largest absolute Gasteiger partial charge is 0.381 e. The van der Waals surface area contributed by atoms with Crippen molar-refractivity contribution in [3.63, 3.8) is 0 Å². The number of hydrogen-bond acceptors (Lipinski definition) is 3. The van der Waals surface area contributed by atoms with Crippen LogP contribution in [-0.4, -0.2) is 38.8 Å². The van der Waals surface area contributed by atoms with Crippen molar-refractivity contribution in [2.75, 3.05) is 32.8 Å². The molecular weight excluding hydrogens is 368 g/mol. The molecule has 122 valence electrons. The Morgan fingerprint density at radius 1 is 1.27 bits per heavy atom. The predicted molar refractivity (Wildman–Crippen MR) is 92.5 cm³/mol. The first-order valence-electron chi connectivity index (χ1n) is 7.53. The maximum atomic E-state index is 12.9. The average Bonchev–Trinajstić information content (AvgIpc) is 2.47. The van der Waals surface area contributed by atoms with Gasteiger partial charge in [-0.1, -0.05) is 28.1 Å². The number of rotatable bonds is 4. The van der Waals surface area contributed by atoms with Gasteiger partial charge in [-0.15, -0.1) is 12.4 Å². The first kappa shape index (κ1) is 17.7. The van der Waals surface area contributed by atoms with Gasteiger partial charge in [0.2, 0.25) is 5.91 Å². The lowest BCUT2D eigenvalue weighted by atomic mass is 9.73. The van der Waals surface area contributed by atoms with Crippen molar-refractivity contribution < 1.29 is 9.53 Å². The lowest BCUT2D eigenvalue weighted by Gasteiger charge is -2.37. The number of amides is 1. The predicted octanol–water partition coefficient (Wildman–Crippen LogP) is 2.25. The first-order valence-corrected chi connectivity index (χ1v) is 8.33. The topological polar surface area (TPSA) is 50.4 Å². The minimum atomic E-state index is -0.434. The Hall–Kier alpha value is -0.620. The van der Waals surface area contributed by atoms with Crippen LogP contribution in [0.4, 0.5) is 0 Å². The fourth-order valence-corrected chi connectivity index (χ4v) is 3.30. The monoisotopic (exact) mass is 388 g/mol. The second-order valence-corrected chi connectivity index (χ2v) is 6.85. The van der Waals surface area contributed by atoms with E-state index < -0.39 is 5.41 Å². The van der Waals surface area contributed by atoms with Crippen molar-refractivity contribution >= 4 is 34.2 Å². The van der Waals surface area contributed by atoms with Crippen LogP contribution in [0.25, 0.3) is 0 Å². The van der Waals surface area contributed by atoms with Crippen LogP contribution in [0.15, 0.2) is 28.7 Å². The van der Waals surface area contributed by atoms with Crippen molar-refractivity contribution in [2.24, 2.45) is 5.92 Å². The van der Waals surface area contributed by atoms with Crippen LogP contribution in [0.1, 0.15) is 18.4 Å². The number of hydrogen-bond donors (Lipinski definition) is 2. The summed E-state index contributed by atoms with van der Waals surface area (Å²) in [5.41, 5.74) is 0.661. The van der Waals surface area contributed by atoms with Gasteiger partial charge in [0, 0.05) is 43.2 Å². The average molecular weight is 390 g/mol. The van der Waals surface area contributed by atoms with Gasteiger partial charge in [0.05, 0.1) is 5.41 Å². The highest BCUT2D eigenvalue weighted by atomic mass is 79.9. The van der Waals surface area contributed by atoms with Crippen LogP contribution < -0.4 is 10.6 Å². The minimum absolute atomic E-state index is 0. The first-order chi connectivity index (χ1) is 10.2. The van der Waals surface area contributed by atoms with Crippen LogP contribution in [0.5, 0.6) is 0 Å². The van der Waals surface area contributed by atoms with E-state index >= 15 is 0 Å². The van der Waals surface area contributed by atoms with E-state index in [9.17, 15) is 4.79 Å². The summed E-state index contributed by atoms with van der Waals surface area (Å²) >= 11 is 3.46. The molecular formula is C16H22BrClN2O2. The quantitative estimate of drug-likeness (QED) is 0.830. The molecule has 0 saturated carbocycles. The summed E-state index contributed by atoms with van der Waals surface area (Å²) in [5.74, 6) is 0.732. The number of benzene rings is 1. The zero-order valence-electron chi connectivity index (χ0n) is 12.4. The third-order valence-electron chi connectivity index (χ3n) is 4.60. The van der Waals surface area contributed by atoms with E-state index in [-0.39, 0.29) is 18.3 Å². The van der Waals surface area contributed by atoms with E-state index in [0.717, 1.165) is 42.5 Å². The van der Waals surface area contributed by atoms with Gasteiger partial charge in [0.25, 0.3) is 0 Å². The van der Waals surface area contributed by atoms with Gasteiger partial charge in [-0.3, -0.25) is 4.79 Å². The number of carbonyl (C=O) groups is 1. The summed E-state index contributed by atoms with van der Waals surface area (Å²) in [6.07, 6.45) is 1.51. The minimum Gasteiger partial charge on any atom is -0.381 e. The van der Waals surface area contributed by atoms with Crippen LogP contribution in [0.3, 0.4) is 0 Å². The summed E-state index contributed by atoms with van der Waals surface area (Å²) in [4.78, 5) is 12.9. The Morgan fingerprint density at radius 2 is 1.91 bits per heavy atom. The standard InChI is InChI=1S/C16H21BrN2O2.ClH/c17-14-3-1-13(2-4-14)16(5-7-21-8-6-16)15(20)19-11-12-9-18-10-12;/h1-4,12,18H,5-11H2,(H,19,20);1H. The summed E-state index contributed by atoms with van der Waals surface area (Å²) < 4.78 is 6.52. The zero-order chi connectivity index (χ0) is 14.7. The Morgan fingerprint density at radius 3 is 2.45 bits per heavy atom. The van der Waals surface area contributed by atoms with Crippen molar-refractivity contribution in [2.45, 2.75) is 18.3 Å². The summed E-state index contributed by atoms with van der Waals surface area (Å²) in [6.45, 7) is 4.08. The molecule has 2 heterocycles. The summed E-state index contributed by atoms with van der Waals surface area (Å²) in [7, 11) is 0. The second-order valence-electron chi connectivity index (χ2n) is 5.94. The number of carbonyl (C=O) groups excluding carboxylic acids is 1. The van der Waals surface area contributed by atoms with Crippen LogP contribution in [0.2, 0.25) is 0 Å². The normalized spacial score (nSPS) is 20.6. The molecule has 0 atom stereocenters. The van der Waals surface area contributed by atoms with Gasteiger partial charge in [-0.05, 0) is 30.5 Å². The lowest BCUT2D eigenvalue weighted by Crippen LogP contribution is -2.53. The lowest BCUT2D eigenvalue weighted by molar-refractivity contribution is -0.130. The number of nitrogens with one attached hydrogen (secondary N) is 2. The third kappa shape index (κ3) is 3.65. The molecule has 22 heavy (non-hydrogen) atoms. The SMILES string of the molecule is Cl.O=C(NCC1CNC1)C1(c2ccc(Br)cc2)CCOCC1. The maximum absolute atomic E-state index is 12.9. The molecule has 4 nitrogen and oxygen atoms in total. The van der Waals surface area contributed by atoms with Crippen molar-refractivity contribution in [3.05, 3.63) is 34.3 Å². The molecule has 0 aromatic heterocycles. The number of halogens is 2. The fraction of sp³-hybridized carbons (Fsp3) is 0.562. The Labute approximate surface area is 145 Å². The fourth-order valence-electron chi connectivity index (χ4n) is 3.03. The highest BCUT2D eigenvalue weighted by Gasteiger charge is 2.41. The van der Waals surface area contributed by atoms with Gasteiger partial charge in [0.15, 0.2) is 0 Å². The highest BCUT2D eigenvalue weighted by Crippen LogP contribution is 2.35. The van der Waals surface area contributed by atoms with Gasteiger partial charge in [-0.25, -0.2) is 0 Å². The van der Waals surface area contributed by atoms with E-state index in [1.165, 1.54) is 0 Å². The van der Waals surface area contributed by atoms with Crippen LogP contribution >= 0.6 is 28.3 Å². The Kier molecular flexibility index (Phi) is 6.26. The van der Waals surface area contributed by atoms with E-state index in [4.69, 9.17) is 4.74 Å². The Bertz CT molecular complexity index is 499. The van der Waals surface area contributed by atoms with E-state index in [2.05, 4.69) is 38.7 Å². The summed E-state index contributed by atoms with van der Waals surface area (Å²) in [5, 5.41) is 6.40. The molecule has 1 amide bonds. The molecule has 0 bridgehead atoms. The van der Waals surface area contributed by atoms with Gasteiger partial charge in [0.1, 0.15) is 0 Å². The third-order valence-corrected chi connectivity index (χ3v) is 5.12. The second kappa shape index (κ2) is 7.77. The number of ether oxygens (including phenoxy) is 1. The van der Waals surface area contributed by atoms with Gasteiger partial charge >= 0.3 is 0 Å². The van der Waals surface area contributed by atoms with E-state index in [1.54, 1.807) is 0 Å². The highest BCUT2D eigenvalue weighted by molar-refractivity contribution is 9.10. The molecule has 0 spiro atoms. The van der Waals surface area contributed by atoms with Gasteiger partial charge in [-0.2, -0.15) is 0 Å². The van der Waals surface area contributed by atoms with E-state index in [0.29, 0.717) is 19.1 Å². The molecule has 0 radical (unpaired) electrons. The van der Waals surface area contributed by atoms with Crippen LogP contribution in [0, 0.1) is 5.92 Å². The molecule has 6 heteroatoms. The molecule has 2 aliphatic heterocycles. The molecule has 2 fully saturated rings. The molecule has 2 aliphatic rings. The molecule has 0 aliphatic carbocycles. The van der Waals surface area contributed by atoms with Crippen molar-refractivity contribution in [1.29, 1.82) is 0 Å². The van der Waals surface area contributed by atoms with Crippen LogP contribution in [-0.2, 0) is 14.9 Å². The molecule has 1 aromatic rings. The van der Waals surface area contributed by atoms with Crippen molar-refractivity contribution in [1.82, 2.24) is 10.6 Å². The zero-order valence-corrected chi connectivity index (χ0v) is 14.8. The van der Waals surface area contributed by atoms with Gasteiger partial charge < -0.3 is 15.4 Å². The van der Waals surface area contributed by atoms with Crippen molar-refractivity contribution in [3.8, 4) is 0 Å². The molecule has 1 aromatic carbocycles. The smallest absolute Gasteiger partial charge is 0.230 e. The summed E-state index contributed by atoms with van der Waals surface area (Å²) in [6, 6.07) is 8.13. The molecule has 2 saturated heterocycles.